The summed E-state index contributed by atoms with van der Waals surface area (Å²) in [6, 6.07) is 0. The van der Waals surface area contributed by atoms with E-state index in [0.717, 1.165) is 12.1 Å². The van der Waals surface area contributed by atoms with E-state index in [2.05, 4.69) is 0 Å². The van der Waals surface area contributed by atoms with Crippen molar-refractivity contribution in [2.45, 2.75) is 45.5 Å². The van der Waals surface area contributed by atoms with Crippen LogP contribution in [0.5, 0.6) is 0 Å². The van der Waals surface area contributed by atoms with Gasteiger partial charge >= 0.3 is 6.09 Å². The molecule has 0 aromatic rings. The number of carbonyl (C=O) groups is 1. The molecule has 2 radical (unpaired) electrons. The summed E-state index contributed by atoms with van der Waals surface area (Å²) in [5.41, 5.74) is 0.392. The quantitative estimate of drug-likeness (QED) is 0.686. The predicted molar refractivity (Wildman–Crippen MR) is 70.0 cm³/mol. The van der Waals surface area contributed by atoms with Crippen LogP contribution in [0.2, 0.25) is 5.82 Å². The summed E-state index contributed by atoms with van der Waals surface area (Å²) in [5, 5.41) is 0. The van der Waals surface area contributed by atoms with Crippen LogP contribution in [0.15, 0.2) is 23.9 Å². The van der Waals surface area contributed by atoms with E-state index in [-0.39, 0.29) is 11.9 Å². The summed E-state index contributed by atoms with van der Waals surface area (Å²) in [4.78, 5) is 13.6. The van der Waals surface area contributed by atoms with Gasteiger partial charge in [0.15, 0.2) is 0 Å². The molecular formula is C13H20BNO2. The van der Waals surface area contributed by atoms with E-state index in [9.17, 15) is 4.79 Å². The van der Waals surface area contributed by atoms with Gasteiger partial charge in [-0.05, 0) is 40.2 Å². The van der Waals surface area contributed by atoms with E-state index in [1.807, 2.05) is 45.9 Å². The van der Waals surface area contributed by atoms with Gasteiger partial charge in [-0.2, -0.15) is 0 Å². The van der Waals surface area contributed by atoms with Gasteiger partial charge in [0.1, 0.15) is 5.60 Å². The van der Waals surface area contributed by atoms with E-state index in [4.69, 9.17) is 12.6 Å². The number of likely N-dealkylation sites (N-methyl/N-ethyl adjacent to an activating group) is 1. The summed E-state index contributed by atoms with van der Waals surface area (Å²) in [5.74, 6) is 0.0519. The number of carbonyl (C=O) groups excluding carboxylic acids is 1. The Morgan fingerprint density at radius 2 is 2.24 bits per heavy atom. The zero-order valence-electron chi connectivity index (χ0n) is 11.1. The first-order chi connectivity index (χ1) is 7.83. The van der Waals surface area contributed by atoms with Crippen LogP contribution in [-0.4, -0.2) is 31.0 Å². The van der Waals surface area contributed by atoms with E-state index >= 15 is 0 Å². The Balaban J connectivity index is 2.72. The predicted octanol–water partition coefficient (Wildman–Crippen LogP) is 3.04. The van der Waals surface area contributed by atoms with Gasteiger partial charge in [0.05, 0.1) is 7.85 Å². The highest BCUT2D eigenvalue weighted by molar-refractivity contribution is 6.13. The Labute approximate surface area is 105 Å². The van der Waals surface area contributed by atoms with Crippen molar-refractivity contribution < 1.29 is 9.53 Å². The minimum atomic E-state index is -0.472. The van der Waals surface area contributed by atoms with Gasteiger partial charge in [0, 0.05) is 12.2 Å². The number of nitrogens with zero attached hydrogens (tertiary/aromatic N) is 1. The lowest BCUT2D eigenvalue weighted by molar-refractivity contribution is 0.0327. The molecule has 1 aliphatic carbocycles. The van der Waals surface area contributed by atoms with Crippen LogP contribution < -0.4 is 0 Å². The molecule has 17 heavy (non-hydrogen) atoms. The van der Waals surface area contributed by atoms with Gasteiger partial charge in [-0.25, -0.2) is 4.79 Å². The van der Waals surface area contributed by atoms with Crippen molar-refractivity contribution >= 4 is 13.9 Å². The molecule has 1 unspecified atom stereocenters. The second kappa shape index (κ2) is 5.43. The van der Waals surface area contributed by atoms with Gasteiger partial charge in [-0.3, -0.25) is 4.90 Å². The number of ether oxygens (including phenoxy) is 1. The standard InChI is InChI=1S/C13H20BNO2/c1-5-15(12(16)17-13(2,3)4)11-8-6-10(14)7-9-11/h6,8-10H,5,7H2,1-4H3. The molecule has 0 saturated heterocycles. The molecule has 0 fully saturated rings. The van der Waals surface area contributed by atoms with Crippen molar-refractivity contribution in [3.63, 3.8) is 0 Å². The van der Waals surface area contributed by atoms with E-state index in [0.29, 0.717) is 6.54 Å². The lowest BCUT2D eigenvalue weighted by Gasteiger charge is -2.28. The topological polar surface area (TPSA) is 29.5 Å². The molecule has 0 aromatic carbocycles. The number of amides is 1. The van der Waals surface area contributed by atoms with Gasteiger partial charge in [-0.15, -0.1) is 0 Å². The Kier molecular flexibility index (Phi) is 4.43. The maximum atomic E-state index is 12.0. The van der Waals surface area contributed by atoms with Crippen LogP contribution in [0.25, 0.3) is 0 Å². The molecule has 0 bridgehead atoms. The largest absolute Gasteiger partial charge is 0.443 e. The summed E-state index contributed by atoms with van der Waals surface area (Å²) < 4.78 is 5.35. The van der Waals surface area contributed by atoms with Crippen LogP contribution in [0.3, 0.4) is 0 Å². The summed E-state index contributed by atoms with van der Waals surface area (Å²) in [7, 11) is 5.75. The third kappa shape index (κ3) is 4.29. The normalized spacial score (nSPS) is 19.8. The van der Waals surface area contributed by atoms with E-state index in [1.54, 1.807) is 4.90 Å². The first kappa shape index (κ1) is 13.9. The number of allylic oxidation sites excluding steroid dienone is 3. The lowest BCUT2D eigenvalue weighted by atomic mass is 9.82. The maximum Gasteiger partial charge on any atom is 0.414 e. The molecule has 1 aliphatic rings. The van der Waals surface area contributed by atoms with E-state index < -0.39 is 5.60 Å². The van der Waals surface area contributed by atoms with Crippen molar-refractivity contribution in [3.05, 3.63) is 23.9 Å². The van der Waals surface area contributed by atoms with Crippen LogP contribution in [0.4, 0.5) is 4.79 Å². The zero-order chi connectivity index (χ0) is 13.1. The molecule has 0 N–H and O–H groups in total. The lowest BCUT2D eigenvalue weighted by Crippen LogP contribution is -2.36. The molecule has 4 heteroatoms. The molecular weight excluding hydrogens is 213 g/mol. The van der Waals surface area contributed by atoms with Crippen molar-refractivity contribution in [1.82, 2.24) is 4.90 Å². The molecule has 1 atom stereocenters. The average Bonchev–Trinajstić information content (AvgIpc) is 2.19. The SMILES string of the molecule is [B]C1C=CC(N(CC)C(=O)OC(C)(C)C)=CC1. The molecule has 92 valence electrons. The summed E-state index contributed by atoms with van der Waals surface area (Å²) in [6.45, 7) is 8.09. The fourth-order valence-electron chi connectivity index (χ4n) is 1.56. The second-order valence-electron chi connectivity index (χ2n) is 5.11. The third-order valence-corrected chi connectivity index (χ3v) is 2.36. The van der Waals surface area contributed by atoms with Gasteiger partial charge in [0.25, 0.3) is 0 Å². The van der Waals surface area contributed by atoms with Crippen LogP contribution in [0.1, 0.15) is 34.1 Å². The minimum absolute atomic E-state index is 0.0519. The Hall–Kier alpha value is -1.19. The highest BCUT2D eigenvalue weighted by Gasteiger charge is 2.23. The van der Waals surface area contributed by atoms with Crippen LogP contribution >= 0.6 is 0 Å². The monoisotopic (exact) mass is 233 g/mol. The van der Waals surface area contributed by atoms with Gasteiger partial charge < -0.3 is 4.74 Å². The zero-order valence-corrected chi connectivity index (χ0v) is 11.1. The summed E-state index contributed by atoms with van der Waals surface area (Å²) in [6.07, 6.45) is 6.19. The molecule has 1 rings (SSSR count). The Bertz CT molecular complexity index is 342. The fraction of sp³-hybridized carbons (Fsp3) is 0.615. The number of hydrogen-bond acceptors (Lipinski definition) is 2. The Morgan fingerprint density at radius 1 is 1.59 bits per heavy atom. The Morgan fingerprint density at radius 3 is 2.65 bits per heavy atom. The smallest absolute Gasteiger partial charge is 0.414 e. The molecule has 3 nitrogen and oxygen atoms in total. The first-order valence-electron chi connectivity index (χ1n) is 5.98. The number of rotatable bonds is 2. The van der Waals surface area contributed by atoms with Crippen molar-refractivity contribution in [2.75, 3.05) is 6.54 Å². The maximum absolute atomic E-state index is 12.0. The molecule has 0 spiro atoms. The van der Waals surface area contributed by atoms with Crippen molar-refractivity contribution in [1.29, 1.82) is 0 Å². The number of hydrogen-bond donors (Lipinski definition) is 0. The minimum Gasteiger partial charge on any atom is -0.443 e. The first-order valence-corrected chi connectivity index (χ1v) is 5.98. The van der Waals surface area contributed by atoms with Crippen LogP contribution in [-0.2, 0) is 4.74 Å². The molecule has 0 aliphatic heterocycles. The highest BCUT2D eigenvalue weighted by Crippen LogP contribution is 2.22. The highest BCUT2D eigenvalue weighted by atomic mass is 16.6. The van der Waals surface area contributed by atoms with Crippen molar-refractivity contribution in [3.8, 4) is 0 Å². The fourth-order valence-corrected chi connectivity index (χ4v) is 1.56. The molecule has 0 heterocycles. The van der Waals surface area contributed by atoms with Gasteiger partial charge in [-0.1, -0.05) is 18.0 Å². The van der Waals surface area contributed by atoms with E-state index in [1.165, 1.54) is 0 Å². The summed E-state index contributed by atoms with van der Waals surface area (Å²) >= 11 is 0. The van der Waals surface area contributed by atoms with Crippen LogP contribution in [0, 0.1) is 0 Å². The van der Waals surface area contributed by atoms with Crippen molar-refractivity contribution in [2.24, 2.45) is 0 Å². The second-order valence-corrected chi connectivity index (χ2v) is 5.11. The van der Waals surface area contributed by atoms with Gasteiger partial charge in [0.2, 0.25) is 0 Å². The molecule has 0 aromatic heterocycles. The third-order valence-electron chi connectivity index (χ3n) is 2.36. The molecule has 0 saturated carbocycles. The average molecular weight is 233 g/mol. The molecule has 1 amide bonds.